The van der Waals surface area contributed by atoms with Crippen molar-refractivity contribution in [2.24, 2.45) is 11.3 Å². The minimum atomic E-state index is -4.05. The van der Waals surface area contributed by atoms with Gasteiger partial charge in [0.15, 0.2) is 0 Å². The van der Waals surface area contributed by atoms with Crippen molar-refractivity contribution in [2.45, 2.75) is 65.7 Å². The lowest BCUT2D eigenvalue weighted by Gasteiger charge is -2.35. The minimum Gasteiger partial charge on any atom is -0.497 e. The summed E-state index contributed by atoms with van der Waals surface area (Å²) in [6, 6.07) is 14.1. The van der Waals surface area contributed by atoms with Crippen molar-refractivity contribution in [1.29, 1.82) is 0 Å². The van der Waals surface area contributed by atoms with E-state index in [-0.39, 0.29) is 12.1 Å². The van der Waals surface area contributed by atoms with Gasteiger partial charge in [-0.1, -0.05) is 45.9 Å². The Bertz CT molecular complexity index is 1020. The lowest BCUT2D eigenvalue weighted by molar-refractivity contribution is 0.222. The van der Waals surface area contributed by atoms with Crippen LogP contribution in [0.1, 0.15) is 70.4 Å². The second-order valence-electron chi connectivity index (χ2n) is 11.5. The van der Waals surface area contributed by atoms with Crippen molar-refractivity contribution in [3.05, 3.63) is 53.6 Å². The molecule has 3 rings (SSSR count). The van der Waals surface area contributed by atoms with Crippen LogP contribution in [0.5, 0.6) is 11.5 Å². The number of benzene rings is 2. The number of piperidine rings is 1. The summed E-state index contributed by atoms with van der Waals surface area (Å²) in [5.41, 5.74) is 3.94. The largest absolute Gasteiger partial charge is 0.497 e. The van der Waals surface area contributed by atoms with Crippen LogP contribution in [0.3, 0.4) is 0 Å². The molecule has 0 spiro atoms. The van der Waals surface area contributed by atoms with Crippen molar-refractivity contribution in [3.8, 4) is 11.5 Å². The first-order valence-electron chi connectivity index (χ1n) is 13.1. The van der Waals surface area contributed by atoms with Gasteiger partial charge in [-0.25, -0.2) is 0 Å². The Morgan fingerprint density at radius 1 is 1.08 bits per heavy atom. The number of nitrogens with zero attached hydrogens (tertiary/aromatic N) is 1. The average molecular weight is 518 g/mol. The Balaban J connectivity index is 1.56. The van der Waals surface area contributed by atoms with E-state index in [0.29, 0.717) is 17.9 Å². The van der Waals surface area contributed by atoms with Crippen molar-refractivity contribution >= 4 is 13.3 Å². The van der Waals surface area contributed by atoms with E-state index in [1.165, 1.54) is 24.1 Å². The van der Waals surface area contributed by atoms with Gasteiger partial charge in [0.05, 0.1) is 19.9 Å². The van der Waals surface area contributed by atoms with Crippen LogP contribution in [0.4, 0.5) is 5.69 Å². The van der Waals surface area contributed by atoms with Crippen LogP contribution in [0, 0.1) is 11.3 Å². The maximum atomic E-state index is 11.4. The Labute approximate surface area is 217 Å². The SMILES string of the molecule is COc1ccc(CCCC(C)(C)C)c(N2CCC(COc3cccc([C@H](C)CP(=O)(O)O)c3)CC2)c1. The fourth-order valence-electron chi connectivity index (χ4n) is 4.91. The van der Waals surface area contributed by atoms with Crippen molar-refractivity contribution in [2.75, 3.05) is 37.9 Å². The van der Waals surface area contributed by atoms with E-state index in [0.717, 1.165) is 49.4 Å². The van der Waals surface area contributed by atoms with Crippen LogP contribution in [-0.4, -0.2) is 42.8 Å². The summed E-state index contributed by atoms with van der Waals surface area (Å²) >= 11 is 0. The summed E-state index contributed by atoms with van der Waals surface area (Å²) < 4.78 is 23.0. The highest BCUT2D eigenvalue weighted by Crippen LogP contribution is 2.40. The molecule has 7 heteroatoms. The molecule has 2 aromatic rings. The fourth-order valence-corrected chi connectivity index (χ4v) is 5.84. The second kappa shape index (κ2) is 12.5. The molecule has 0 amide bonds. The van der Waals surface area contributed by atoms with E-state index in [1.807, 2.05) is 31.2 Å². The second-order valence-corrected chi connectivity index (χ2v) is 13.2. The van der Waals surface area contributed by atoms with Crippen LogP contribution in [0.25, 0.3) is 0 Å². The lowest BCUT2D eigenvalue weighted by Crippen LogP contribution is -2.36. The van der Waals surface area contributed by atoms with Gasteiger partial charge in [0.1, 0.15) is 11.5 Å². The maximum Gasteiger partial charge on any atom is 0.326 e. The smallest absolute Gasteiger partial charge is 0.326 e. The number of hydrogen-bond acceptors (Lipinski definition) is 4. The minimum absolute atomic E-state index is 0.155. The molecule has 1 aliphatic heterocycles. The monoisotopic (exact) mass is 517 g/mol. The number of hydrogen-bond donors (Lipinski definition) is 2. The summed E-state index contributed by atoms with van der Waals surface area (Å²) in [7, 11) is -2.32. The Morgan fingerprint density at radius 2 is 1.81 bits per heavy atom. The first-order chi connectivity index (χ1) is 16.9. The van der Waals surface area contributed by atoms with Crippen molar-refractivity contribution in [3.63, 3.8) is 0 Å². The summed E-state index contributed by atoms with van der Waals surface area (Å²) in [6.45, 7) is 11.4. The molecule has 2 N–H and O–H groups in total. The molecule has 0 unspecified atom stereocenters. The zero-order valence-electron chi connectivity index (χ0n) is 22.6. The van der Waals surface area contributed by atoms with Gasteiger partial charge in [-0.15, -0.1) is 0 Å². The molecule has 0 aromatic heterocycles. The van der Waals surface area contributed by atoms with Gasteiger partial charge in [-0.2, -0.15) is 0 Å². The van der Waals surface area contributed by atoms with Gasteiger partial charge in [-0.3, -0.25) is 4.57 Å². The normalized spacial score (nSPS) is 16.1. The van der Waals surface area contributed by atoms with Crippen LogP contribution in [0.2, 0.25) is 0 Å². The molecule has 1 heterocycles. The third-order valence-electron chi connectivity index (χ3n) is 7.05. The van der Waals surface area contributed by atoms with Gasteiger partial charge in [-0.05, 0) is 78.7 Å². The standard InChI is InChI=1S/C29H44NO5P/c1-22(21-36(31,32)33)25-8-6-10-27(18-25)35-20-23-13-16-30(17-14-23)28-19-26(34-5)12-11-24(28)9-7-15-29(2,3)4/h6,8,10-12,18-19,22-23H,7,9,13-17,20-21H2,1-5H3,(H2,31,32,33)/t22-/m1/s1. The average Bonchev–Trinajstić information content (AvgIpc) is 2.81. The molecule has 36 heavy (non-hydrogen) atoms. The topological polar surface area (TPSA) is 79.2 Å². The molecule has 0 bridgehead atoms. The van der Waals surface area contributed by atoms with Crippen molar-refractivity contribution < 1.29 is 23.8 Å². The molecule has 1 atom stereocenters. The highest BCUT2D eigenvalue weighted by molar-refractivity contribution is 7.51. The lowest BCUT2D eigenvalue weighted by atomic mass is 9.88. The Hall–Kier alpha value is -2.01. The Morgan fingerprint density at radius 3 is 2.44 bits per heavy atom. The molecule has 1 aliphatic rings. The quantitative estimate of drug-likeness (QED) is 0.325. The third kappa shape index (κ3) is 9.14. The van der Waals surface area contributed by atoms with Crippen molar-refractivity contribution in [1.82, 2.24) is 0 Å². The molecule has 1 saturated heterocycles. The van der Waals surface area contributed by atoms with Crippen LogP contribution >= 0.6 is 7.60 Å². The van der Waals surface area contributed by atoms with Crippen LogP contribution in [0.15, 0.2) is 42.5 Å². The zero-order chi connectivity index (χ0) is 26.3. The summed E-state index contributed by atoms with van der Waals surface area (Å²) in [5.74, 6) is 1.93. The first kappa shape index (κ1) is 28.6. The predicted octanol–water partition coefficient (Wildman–Crippen LogP) is 6.64. The zero-order valence-corrected chi connectivity index (χ0v) is 23.5. The van der Waals surface area contributed by atoms with E-state index >= 15 is 0 Å². The summed E-state index contributed by atoms with van der Waals surface area (Å²) in [4.78, 5) is 21.1. The van der Waals surface area contributed by atoms with Gasteiger partial charge in [0.25, 0.3) is 0 Å². The number of rotatable bonds is 11. The summed E-state index contributed by atoms with van der Waals surface area (Å²) in [5, 5.41) is 0. The maximum absolute atomic E-state index is 11.4. The van der Waals surface area contributed by atoms with Gasteiger partial charge >= 0.3 is 7.60 Å². The van der Waals surface area contributed by atoms with Gasteiger partial charge in [0.2, 0.25) is 0 Å². The first-order valence-corrected chi connectivity index (χ1v) is 14.9. The summed E-state index contributed by atoms with van der Waals surface area (Å²) in [6.07, 6.45) is 5.43. The molecule has 200 valence electrons. The molecule has 2 aromatic carbocycles. The molecule has 0 radical (unpaired) electrons. The third-order valence-corrected chi connectivity index (χ3v) is 8.07. The van der Waals surface area contributed by atoms with E-state index in [9.17, 15) is 14.4 Å². The molecule has 0 saturated carbocycles. The number of aryl methyl sites for hydroxylation is 1. The molecular formula is C29H44NO5P. The predicted molar refractivity (Wildman–Crippen MR) is 148 cm³/mol. The van der Waals surface area contributed by atoms with E-state index in [2.05, 4.69) is 43.9 Å². The number of anilines is 1. The van der Waals surface area contributed by atoms with E-state index < -0.39 is 7.60 Å². The van der Waals surface area contributed by atoms with Gasteiger partial charge < -0.3 is 24.2 Å². The molecule has 1 fully saturated rings. The van der Waals surface area contributed by atoms with E-state index in [4.69, 9.17) is 9.47 Å². The molecular weight excluding hydrogens is 473 g/mol. The highest BCUT2D eigenvalue weighted by atomic mass is 31.2. The van der Waals surface area contributed by atoms with Crippen LogP contribution < -0.4 is 14.4 Å². The Kier molecular flexibility index (Phi) is 9.91. The van der Waals surface area contributed by atoms with Crippen LogP contribution in [-0.2, 0) is 11.0 Å². The molecule has 6 nitrogen and oxygen atoms in total. The fraction of sp³-hybridized carbons (Fsp3) is 0.586. The molecule has 0 aliphatic carbocycles. The van der Waals surface area contributed by atoms with E-state index in [1.54, 1.807) is 7.11 Å². The van der Waals surface area contributed by atoms with Gasteiger partial charge in [0, 0.05) is 24.8 Å². The number of ether oxygens (including phenoxy) is 2. The number of methoxy groups -OCH3 is 1. The highest BCUT2D eigenvalue weighted by Gasteiger charge is 2.23.